The van der Waals surface area contributed by atoms with Gasteiger partial charge in [0.2, 0.25) is 0 Å². The Morgan fingerprint density at radius 3 is 2.70 bits per heavy atom. The summed E-state index contributed by atoms with van der Waals surface area (Å²) < 4.78 is 1.70. The molecule has 7 heteroatoms. The van der Waals surface area contributed by atoms with E-state index >= 15 is 0 Å². The molecule has 0 aliphatic heterocycles. The number of halogens is 2. The maximum atomic E-state index is 11.6. The molecule has 1 heterocycles. The van der Waals surface area contributed by atoms with Crippen LogP contribution in [0.15, 0.2) is 23.4 Å². The van der Waals surface area contributed by atoms with Crippen LogP contribution in [-0.2, 0) is 6.54 Å². The van der Waals surface area contributed by atoms with E-state index in [2.05, 4.69) is 18.8 Å². The van der Waals surface area contributed by atoms with Gasteiger partial charge in [-0.25, -0.2) is 9.78 Å². The van der Waals surface area contributed by atoms with Crippen LogP contribution < -0.4 is 0 Å². The van der Waals surface area contributed by atoms with Gasteiger partial charge in [-0.1, -0.05) is 48.8 Å². The summed E-state index contributed by atoms with van der Waals surface area (Å²) in [4.78, 5) is 16.0. The van der Waals surface area contributed by atoms with Gasteiger partial charge >= 0.3 is 5.97 Å². The van der Waals surface area contributed by atoms with E-state index in [1.54, 1.807) is 41.5 Å². The Labute approximate surface area is 149 Å². The van der Waals surface area contributed by atoms with Gasteiger partial charge < -0.3 is 9.67 Å². The Morgan fingerprint density at radius 2 is 2.09 bits per heavy atom. The van der Waals surface area contributed by atoms with Crippen molar-refractivity contribution in [2.75, 3.05) is 5.75 Å². The number of aromatic nitrogens is 2. The molecule has 23 heavy (non-hydrogen) atoms. The van der Waals surface area contributed by atoms with Crippen molar-refractivity contribution in [1.82, 2.24) is 9.55 Å². The van der Waals surface area contributed by atoms with E-state index in [1.165, 1.54) is 0 Å². The maximum Gasteiger partial charge on any atom is 0.354 e. The van der Waals surface area contributed by atoms with Gasteiger partial charge in [-0.15, -0.1) is 0 Å². The zero-order valence-electron chi connectivity index (χ0n) is 13.1. The highest BCUT2D eigenvalue weighted by Gasteiger charge is 2.21. The second kappa shape index (κ2) is 7.60. The number of benzene rings is 1. The minimum absolute atomic E-state index is 0.187. The summed E-state index contributed by atoms with van der Waals surface area (Å²) in [5.41, 5.74) is 1.46. The topological polar surface area (TPSA) is 55.1 Å². The van der Waals surface area contributed by atoms with Gasteiger partial charge in [-0.2, -0.15) is 0 Å². The number of nitrogens with zero attached hydrogens (tertiary/aromatic N) is 2. The third kappa shape index (κ3) is 4.43. The summed E-state index contributed by atoms with van der Waals surface area (Å²) in [6.45, 7) is 6.25. The first-order chi connectivity index (χ1) is 10.8. The number of thioether (sulfide) groups is 1. The predicted octanol–water partition coefficient (Wildman–Crippen LogP) is 4.99. The monoisotopic (exact) mass is 372 g/mol. The number of carbonyl (C=O) groups is 1. The van der Waals surface area contributed by atoms with Crippen molar-refractivity contribution in [1.29, 1.82) is 0 Å². The molecular weight excluding hydrogens is 355 g/mol. The van der Waals surface area contributed by atoms with E-state index < -0.39 is 5.97 Å². The van der Waals surface area contributed by atoms with Crippen LogP contribution in [0.2, 0.25) is 10.0 Å². The van der Waals surface area contributed by atoms with Crippen molar-refractivity contribution in [2.45, 2.75) is 32.5 Å². The summed E-state index contributed by atoms with van der Waals surface area (Å²) in [5.74, 6) is 0.344. The second-order valence-electron chi connectivity index (χ2n) is 5.66. The number of aryl methyl sites for hydroxylation is 1. The molecule has 0 saturated heterocycles. The standard InChI is InChI=1S/C16H18Cl2N2O2S/c1-9(2)8-23-16-19-10(3)14(15(21)22)20(16)7-11-6-12(17)4-5-13(11)18/h4-6,9H,7-8H2,1-3H3,(H,21,22). The molecule has 2 aromatic rings. The van der Waals surface area contributed by atoms with Crippen molar-refractivity contribution in [3.63, 3.8) is 0 Å². The second-order valence-corrected chi connectivity index (χ2v) is 7.49. The molecule has 0 fully saturated rings. The number of hydrogen-bond acceptors (Lipinski definition) is 3. The number of carboxylic acid groups (broad SMARTS) is 1. The van der Waals surface area contributed by atoms with Crippen LogP contribution in [0.1, 0.15) is 35.6 Å². The fourth-order valence-corrected chi connectivity index (χ4v) is 3.52. The molecule has 0 unspecified atom stereocenters. The summed E-state index contributed by atoms with van der Waals surface area (Å²) in [6, 6.07) is 5.17. The first kappa shape index (κ1) is 18.2. The van der Waals surface area contributed by atoms with Crippen molar-refractivity contribution >= 4 is 40.9 Å². The quantitative estimate of drug-likeness (QED) is 0.725. The minimum atomic E-state index is -0.996. The van der Waals surface area contributed by atoms with E-state index in [0.29, 0.717) is 33.4 Å². The van der Waals surface area contributed by atoms with Crippen molar-refractivity contribution in [2.24, 2.45) is 5.92 Å². The lowest BCUT2D eigenvalue weighted by Crippen LogP contribution is -2.12. The summed E-state index contributed by atoms with van der Waals surface area (Å²) >= 11 is 13.8. The first-order valence-electron chi connectivity index (χ1n) is 7.16. The Balaban J connectivity index is 2.45. The lowest BCUT2D eigenvalue weighted by atomic mass is 10.2. The average Bonchev–Trinajstić information content (AvgIpc) is 2.76. The molecule has 0 aliphatic carbocycles. The molecule has 0 bridgehead atoms. The van der Waals surface area contributed by atoms with E-state index in [0.717, 1.165) is 11.3 Å². The molecule has 1 N–H and O–H groups in total. The van der Waals surface area contributed by atoms with E-state index in [9.17, 15) is 9.90 Å². The Hall–Kier alpha value is -1.17. The molecule has 1 aromatic heterocycles. The van der Waals surface area contributed by atoms with Crippen molar-refractivity contribution in [3.05, 3.63) is 45.2 Å². The average molecular weight is 373 g/mol. The molecule has 0 atom stereocenters. The molecule has 0 saturated carbocycles. The fraction of sp³-hybridized carbons (Fsp3) is 0.375. The smallest absolute Gasteiger partial charge is 0.354 e. The number of rotatable bonds is 6. The predicted molar refractivity (Wildman–Crippen MR) is 95.0 cm³/mol. The molecular formula is C16H18Cl2N2O2S. The molecule has 0 amide bonds. The van der Waals surface area contributed by atoms with E-state index in [-0.39, 0.29) is 5.69 Å². The summed E-state index contributed by atoms with van der Waals surface area (Å²) in [7, 11) is 0. The number of carboxylic acids is 1. The third-order valence-electron chi connectivity index (χ3n) is 3.19. The Bertz CT molecular complexity index is 729. The zero-order valence-corrected chi connectivity index (χ0v) is 15.5. The first-order valence-corrected chi connectivity index (χ1v) is 8.91. The van der Waals surface area contributed by atoms with Crippen LogP contribution in [0.4, 0.5) is 0 Å². The maximum absolute atomic E-state index is 11.6. The Kier molecular flexibility index (Phi) is 6.00. The van der Waals surface area contributed by atoms with Gasteiger partial charge in [0.15, 0.2) is 10.9 Å². The van der Waals surface area contributed by atoms with Crippen LogP contribution in [0, 0.1) is 12.8 Å². The number of aromatic carboxylic acids is 1. The molecule has 0 aliphatic rings. The van der Waals surface area contributed by atoms with Crippen LogP contribution in [0.25, 0.3) is 0 Å². The summed E-state index contributed by atoms with van der Waals surface area (Å²) in [5, 5.41) is 11.3. The zero-order chi connectivity index (χ0) is 17.1. The highest BCUT2D eigenvalue weighted by molar-refractivity contribution is 7.99. The largest absolute Gasteiger partial charge is 0.477 e. The molecule has 4 nitrogen and oxygen atoms in total. The molecule has 1 aromatic carbocycles. The number of imidazole rings is 1. The highest BCUT2D eigenvalue weighted by atomic mass is 35.5. The fourth-order valence-electron chi connectivity index (χ4n) is 2.15. The van der Waals surface area contributed by atoms with Gasteiger partial charge in [0.1, 0.15) is 0 Å². The van der Waals surface area contributed by atoms with Gasteiger partial charge in [0.05, 0.1) is 12.2 Å². The lowest BCUT2D eigenvalue weighted by Gasteiger charge is -2.12. The van der Waals surface area contributed by atoms with E-state index in [4.69, 9.17) is 23.2 Å². The van der Waals surface area contributed by atoms with Gasteiger partial charge in [-0.3, -0.25) is 0 Å². The van der Waals surface area contributed by atoms with Crippen molar-refractivity contribution < 1.29 is 9.90 Å². The molecule has 0 radical (unpaired) electrons. The summed E-state index contributed by atoms with van der Waals surface area (Å²) in [6.07, 6.45) is 0. The highest BCUT2D eigenvalue weighted by Crippen LogP contribution is 2.27. The number of hydrogen-bond donors (Lipinski definition) is 1. The minimum Gasteiger partial charge on any atom is -0.477 e. The Morgan fingerprint density at radius 1 is 1.39 bits per heavy atom. The van der Waals surface area contributed by atoms with Crippen LogP contribution in [-0.4, -0.2) is 26.4 Å². The molecule has 2 rings (SSSR count). The third-order valence-corrected chi connectivity index (χ3v) is 5.20. The van der Waals surface area contributed by atoms with Gasteiger partial charge in [-0.05, 0) is 36.6 Å². The van der Waals surface area contributed by atoms with Crippen molar-refractivity contribution in [3.8, 4) is 0 Å². The normalized spacial score (nSPS) is 11.2. The van der Waals surface area contributed by atoms with Crippen LogP contribution >= 0.6 is 35.0 Å². The SMILES string of the molecule is Cc1nc(SCC(C)C)n(Cc2cc(Cl)ccc2Cl)c1C(=O)O. The lowest BCUT2D eigenvalue weighted by molar-refractivity contribution is 0.0684. The van der Waals surface area contributed by atoms with Gasteiger partial charge in [0, 0.05) is 15.8 Å². The van der Waals surface area contributed by atoms with Crippen LogP contribution in [0.3, 0.4) is 0 Å². The molecule has 0 spiro atoms. The molecule has 124 valence electrons. The van der Waals surface area contributed by atoms with E-state index in [1.807, 2.05) is 0 Å². The van der Waals surface area contributed by atoms with Crippen LogP contribution in [0.5, 0.6) is 0 Å². The van der Waals surface area contributed by atoms with Gasteiger partial charge in [0.25, 0.3) is 0 Å².